The van der Waals surface area contributed by atoms with Crippen molar-refractivity contribution in [3.05, 3.63) is 34.8 Å². The molecule has 7 nitrogen and oxygen atoms in total. The van der Waals surface area contributed by atoms with Crippen LogP contribution >= 0.6 is 0 Å². The summed E-state index contributed by atoms with van der Waals surface area (Å²) >= 11 is 0. The van der Waals surface area contributed by atoms with Crippen molar-refractivity contribution in [2.45, 2.75) is 25.5 Å². The monoisotopic (exact) mass is 325 g/mol. The number of hydrogen-bond acceptors (Lipinski definition) is 6. The number of fused-ring (bicyclic) bond motifs is 1. The molecule has 2 aromatic rings. The first-order valence-electron chi connectivity index (χ1n) is 6.93. The molecule has 0 aliphatic carbocycles. The van der Waals surface area contributed by atoms with Gasteiger partial charge in [0.25, 0.3) is 0 Å². The quantitative estimate of drug-likeness (QED) is 0.768. The second-order valence-corrected chi connectivity index (χ2v) is 7.48. The maximum Gasteiger partial charge on any atom is 0.419 e. The fraction of sp³-hybridized carbons (Fsp3) is 0.429. The highest BCUT2D eigenvalue weighted by Crippen LogP contribution is 2.16. The molecule has 2 heterocycles. The zero-order valence-electron chi connectivity index (χ0n) is 11.7. The Balaban J connectivity index is 1.63. The molecule has 0 N–H and O–H groups in total. The van der Waals surface area contributed by atoms with Gasteiger partial charge in [-0.25, -0.2) is 13.2 Å². The lowest BCUT2D eigenvalue weighted by molar-refractivity contribution is -0.148. The van der Waals surface area contributed by atoms with Crippen molar-refractivity contribution in [2.24, 2.45) is 0 Å². The van der Waals surface area contributed by atoms with Crippen LogP contribution in [0, 0.1) is 0 Å². The van der Waals surface area contributed by atoms with Crippen molar-refractivity contribution >= 4 is 26.9 Å². The van der Waals surface area contributed by atoms with Crippen LogP contribution in [0.3, 0.4) is 0 Å². The molecule has 1 fully saturated rings. The van der Waals surface area contributed by atoms with Gasteiger partial charge in [-0.2, -0.15) is 0 Å². The molecule has 0 spiro atoms. The number of hydrogen-bond donors (Lipinski definition) is 0. The maximum absolute atomic E-state index is 11.8. The van der Waals surface area contributed by atoms with Gasteiger partial charge in [0, 0.05) is 6.54 Å². The third kappa shape index (κ3) is 3.06. The van der Waals surface area contributed by atoms with Crippen LogP contribution in [-0.2, 0) is 25.9 Å². The molecule has 0 saturated carbocycles. The Bertz CT molecular complexity index is 863. The van der Waals surface area contributed by atoms with Gasteiger partial charge < -0.3 is 9.15 Å². The SMILES string of the molecule is O=C(CCn1c(=O)oc2ccccc21)OC1CCS(=O)(=O)C1. The molecule has 1 saturated heterocycles. The van der Waals surface area contributed by atoms with Gasteiger partial charge in [0.05, 0.1) is 23.4 Å². The predicted octanol–water partition coefficient (Wildman–Crippen LogP) is 0.715. The van der Waals surface area contributed by atoms with Crippen LogP contribution in [0.5, 0.6) is 0 Å². The molecule has 8 heteroatoms. The van der Waals surface area contributed by atoms with Crippen LogP contribution in [0.4, 0.5) is 0 Å². The first-order chi connectivity index (χ1) is 10.4. The van der Waals surface area contributed by atoms with Gasteiger partial charge >= 0.3 is 11.7 Å². The van der Waals surface area contributed by atoms with Crippen molar-refractivity contribution in [1.82, 2.24) is 4.57 Å². The molecule has 3 rings (SSSR count). The van der Waals surface area contributed by atoms with Crippen molar-refractivity contribution in [2.75, 3.05) is 11.5 Å². The molecule has 0 radical (unpaired) electrons. The number of sulfone groups is 1. The largest absolute Gasteiger partial charge is 0.461 e. The van der Waals surface area contributed by atoms with Gasteiger partial charge in [0.1, 0.15) is 6.10 Å². The van der Waals surface area contributed by atoms with E-state index in [2.05, 4.69) is 0 Å². The van der Waals surface area contributed by atoms with E-state index >= 15 is 0 Å². The minimum atomic E-state index is -3.08. The van der Waals surface area contributed by atoms with E-state index in [1.54, 1.807) is 24.3 Å². The van der Waals surface area contributed by atoms with Crippen LogP contribution in [0.15, 0.2) is 33.5 Å². The number of carbonyl (C=O) groups excluding carboxylic acids is 1. The van der Waals surface area contributed by atoms with Crippen LogP contribution in [0.2, 0.25) is 0 Å². The van der Waals surface area contributed by atoms with Crippen molar-refractivity contribution in [1.29, 1.82) is 0 Å². The third-order valence-electron chi connectivity index (χ3n) is 3.60. The molecule has 1 unspecified atom stereocenters. The fourth-order valence-electron chi connectivity index (χ4n) is 2.53. The number of para-hydroxylation sites is 2. The number of rotatable bonds is 4. The lowest BCUT2D eigenvalue weighted by Gasteiger charge is -2.10. The number of ether oxygens (including phenoxy) is 1. The molecule has 0 bridgehead atoms. The van der Waals surface area contributed by atoms with Crippen molar-refractivity contribution in [3.63, 3.8) is 0 Å². The van der Waals surface area contributed by atoms with Crippen LogP contribution < -0.4 is 5.76 Å². The zero-order valence-corrected chi connectivity index (χ0v) is 12.5. The van der Waals surface area contributed by atoms with Crippen LogP contribution in [0.25, 0.3) is 11.1 Å². The predicted molar refractivity (Wildman–Crippen MR) is 78.2 cm³/mol. The van der Waals surface area contributed by atoms with Gasteiger partial charge in [0.2, 0.25) is 0 Å². The van der Waals surface area contributed by atoms with E-state index in [-0.39, 0.29) is 24.5 Å². The van der Waals surface area contributed by atoms with Gasteiger partial charge in [-0.05, 0) is 18.6 Å². The highest BCUT2D eigenvalue weighted by atomic mass is 32.2. The average Bonchev–Trinajstić information content (AvgIpc) is 2.95. The lowest BCUT2D eigenvalue weighted by Crippen LogP contribution is -2.22. The summed E-state index contributed by atoms with van der Waals surface area (Å²) in [5, 5.41) is 0. The zero-order chi connectivity index (χ0) is 15.7. The topological polar surface area (TPSA) is 95.6 Å². The van der Waals surface area contributed by atoms with Crippen LogP contribution in [-0.4, -0.2) is 36.6 Å². The Morgan fingerprint density at radius 1 is 1.36 bits per heavy atom. The molecule has 1 aliphatic rings. The van der Waals surface area contributed by atoms with E-state index < -0.39 is 27.7 Å². The summed E-state index contributed by atoms with van der Waals surface area (Å²) in [4.78, 5) is 23.5. The van der Waals surface area contributed by atoms with Crippen molar-refractivity contribution in [3.8, 4) is 0 Å². The standard InChI is InChI=1S/C14H15NO6S/c16-13(20-10-6-8-22(18,19)9-10)5-7-15-11-3-1-2-4-12(11)21-14(15)17/h1-4,10H,5-9H2. The molecule has 22 heavy (non-hydrogen) atoms. The Hall–Kier alpha value is -2.09. The van der Waals surface area contributed by atoms with Gasteiger partial charge in [-0.1, -0.05) is 12.1 Å². The molecular formula is C14H15NO6S. The second kappa shape index (κ2) is 5.60. The van der Waals surface area contributed by atoms with E-state index in [1.807, 2.05) is 0 Å². The minimum Gasteiger partial charge on any atom is -0.461 e. The summed E-state index contributed by atoms with van der Waals surface area (Å²) < 4.78 is 34.2. The van der Waals surface area contributed by atoms with Gasteiger partial charge in [0.15, 0.2) is 15.4 Å². The number of nitrogens with zero attached hydrogens (tertiary/aromatic N) is 1. The lowest BCUT2D eigenvalue weighted by atomic mass is 10.3. The minimum absolute atomic E-state index is 0.0139. The summed E-state index contributed by atoms with van der Waals surface area (Å²) in [7, 11) is -3.08. The summed E-state index contributed by atoms with van der Waals surface area (Å²) in [6, 6.07) is 6.93. The number of benzene rings is 1. The Labute approximate surface area is 126 Å². The van der Waals surface area contributed by atoms with Gasteiger partial charge in [-0.3, -0.25) is 9.36 Å². The molecule has 1 aromatic heterocycles. The molecule has 1 atom stereocenters. The Morgan fingerprint density at radius 2 is 2.14 bits per heavy atom. The summed E-state index contributed by atoms with van der Waals surface area (Å²) in [5.74, 6) is -1.11. The highest BCUT2D eigenvalue weighted by Gasteiger charge is 2.30. The van der Waals surface area contributed by atoms with E-state index in [0.717, 1.165) is 0 Å². The smallest absolute Gasteiger partial charge is 0.419 e. The molecule has 0 amide bonds. The normalized spacial score (nSPS) is 20.3. The number of aromatic nitrogens is 1. The molecule has 1 aromatic carbocycles. The highest BCUT2D eigenvalue weighted by molar-refractivity contribution is 7.91. The van der Waals surface area contributed by atoms with E-state index in [4.69, 9.17) is 9.15 Å². The van der Waals surface area contributed by atoms with E-state index in [0.29, 0.717) is 17.5 Å². The third-order valence-corrected chi connectivity index (χ3v) is 5.34. The van der Waals surface area contributed by atoms with Crippen LogP contribution in [0.1, 0.15) is 12.8 Å². The first kappa shape index (κ1) is 14.8. The number of carbonyl (C=O) groups is 1. The molecule has 118 valence electrons. The summed E-state index contributed by atoms with van der Waals surface area (Å²) in [5.41, 5.74) is 1.08. The maximum atomic E-state index is 11.8. The summed E-state index contributed by atoms with van der Waals surface area (Å²) in [6.45, 7) is 0.133. The van der Waals surface area contributed by atoms with E-state index in [1.165, 1.54) is 4.57 Å². The Morgan fingerprint density at radius 3 is 2.86 bits per heavy atom. The molecule has 1 aliphatic heterocycles. The fourth-order valence-corrected chi connectivity index (χ4v) is 4.12. The Kier molecular flexibility index (Phi) is 3.78. The number of aryl methyl sites for hydroxylation is 1. The first-order valence-corrected chi connectivity index (χ1v) is 8.75. The average molecular weight is 325 g/mol. The van der Waals surface area contributed by atoms with Crippen molar-refractivity contribution < 1.29 is 22.4 Å². The second-order valence-electron chi connectivity index (χ2n) is 5.25. The number of oxazole rings is 1. The number of esters is 1. The van der Waals surface area contributed by atoms with Gasteiger partial charge in [-0.15, -0.1) is 0 Å². The molecular weight excluding hydrogens is 310 g/mol. The van der Waals surface area contributed by atoms with E-state index in [9.17, 15) is 18.0 Å². The summed E-state index contributed by atoms with van der Waals surface area (Å²) in [6.07, 6.45) is -0.252.